The van der Waals surface area contributed by atoms with Gasteiger partial charge >= 0.3 is 149 Å². The van der Waals surface area contributed by atoms with Crippen LogP contribution >= 0.6 is 0 Å². The Bertz CT molecular complexity index is 944. The molecule has 0 spiro atoms. The SMILES string of the molecule is Fc1c(F)c(F)c(-c2ccc(-c3c(F)c(F)c(F)c(F)c3F)[se]2)c(F)c1F. The van der Waals surface area contributed by atoms with Crippen LogP contribution in [0.15, 0.2) is 12.1 Å². The summed E-state index contributed by atoms with van der Waals surface area (Å²) in [5.74, 6) is -22.4. The summed E-state index contributed by atoms with van der Waals surface area (Å²) in [6.45, 7) is 0. The van der Waals surface area contributed by atoms with E-state index in [1.165, 1.54) is 0 Å². The summed E-state index contributed by atoms with van der Waals surface area (Å²) < 4.78 is 134. The molecule has 1 aromatic heterocycles. The van der Waals surface area contributed by atoms with Crippen molar-refractivity contribution in [1.29, 1.82) is 0 Å². The van der Waals surface area contributed by atoms with Crippen LogP contribution in [-0.4, -0.2) is 14.5 Å². The molecule has 0 fully saturated rings. The van der Waals surface area contributed by atoms with E-state index in [2.05, 4.69) is 0 Å². The zero-order valence-electron chi connectivity index (χ0n) is 12.3. The number of halogens is 10. The fraction of sp³-hybridized carbons (Fsp3) is 0. The topological polar surface area (TPSA) is 0 Å². The minimum atomic E-state index is -2.40. The van der Waals surface area contributed by atoms with E-state index in [1.807, 2.05) is 0 Å². The first-order valence-electron chi connectivity index (χ1n) is 6.71. The molecule has 142 valence electrons. The summed E-state index contributed by atoms with van der Waals surface area (Å²) >= 11 is -1.52. The number of benzene rings is 2. The van der Waals surface area contributed by atoms with Crippen molar-refractivity contribution < 1.29 is 43.9 Å². The second-order valence-electron chi connectivity index (χ2n) is 5.05. The number of rotatable bonds is 2. The summed E-state index contributed by atoms with van der Waals surface area (Å²) in [7, 11) is 0. The van der Waals surface area contributed by atoms with Gasteiger partial charge in [0.25, 0.3) is 0 Å². The van der Waals surface area contributed by atoms with E-state index in [9.17, 15) is 43.9 Å². The van der Waals surface area contributed by atoms with Crippen LogP contribution in [-0.2, 0) is 0 Å². The van der Waals surface area contributed by atoms with Crippen molar-refractivity contribution in [3.8, 4) is 20.0 Å². The van der Waals surface area contributed by atoms with Crippen molar-refractivity contribution in [3.63, 3.8) is 0 Å². The second kappa shape index (κ2) is 6.72. The Morgan fingerprint density at radius 2 is 0.593 bits per heavy atom. The molecule has 0 saturated carbocycles. The predicted molar refractivity (Wildman–Crippen MR) is 73.8 cm³/mol. The van der Waals surface area contributed by atoms with Gasteiger partial charge in [-0.15, -0.1) is 0 Å². The van der Waals surface area contributed by atoms with Crippen molar-refractivity contribution >= 4 is 14.5 Å². The molecule has 0 radical (unpaired) electrons. The van der Waals surface area contributed by atoms with Crippen molar-refractivity contribution in [3.05, 3.63) is 70.3 Å². The van der Waals surface area contributed by atoms with Crippen LogP contribution < -0.4 is 0 Å². The normalized spacial score (nSPS) is 11.3. The molecule has 0 unspecified atom stereocenters. The predicted octanol–water partition coefficient (Wildman–Crippen LogP) is 5.47. The Hall–Kier alpha value is -2.26. The Labute approximate surface area is 149 Å². The summed E-state index contributed by atoms with van der Waals surface area (Å²) in [5, 5.41) is 0. The van der Waals surface area contributed by atoms with Gasteiger partial charge < -0.3 is 0 Å². The third-order valence-corrected chi connectivity index (χ3v) is 5.87. The van der Waals surface area contributed by atoms with E-state index in [-0.39, 0.29) is 0 Å². The van der Waals surface area contributed by atoms with Gasteiger partial charge in [-0.1, -0.05) is 0 Å². The van der Waals surface area contributed by atoms with Crippen molar-refractivity contribution in [2.75, 3.05) is 0 Å². The van der Waals surface area contributed by atoms with Crippen LogP contribution in [0, 0.1) is 58.2 Å². The first-order chi connectivity index (χ1) is 12.6. The first kappa shape index (κ1) is 19.5. The molecule has 0 bridgehead atoms. The van der Waals surface area contributed by atoms with Crippen molar-refractivity contribution in [2.24, 2.45) is 0 Å². The number of hydrogen-bond acceptors (Lipinski definition) is 0. The van der Waals surface area contributed by atoms with Gasteiger partial charge in [0.1, 0.15) is 0 Å². The summed E-state index contributed by atoms with van der Waals surface area (Å²) in [6, 6.07) is 1.57. The van der Waals surface area contributed by atoms with Crippen LogP contribution in [0.2, 0.25) is 0 Å². The Kier molecular flexibility index (Phi) is 4.85. The van der Waals surface area contributed by atoms with Crippen molar-refractivity contribution in [2.45, 2.75) is 0 Å². The van der Waals surface area contributed by atoms with Gasteiger partial charge in [-0.25, -0.2) is 0 Å². The molecular formula is C16H2F10Se. The molecule has 0 aliphatic heterocycles. The zero-order chi connectivity index (χ0) is 20.2. The molecule has 0 saturated heterocycles. The molecule has 2 aromatic carbocycles. The molecule has 0 aliphatic rings. The third-order valence-electron chi connectivity index (χ3n) is 3.52. The van der Waals surface area contributed by atoms with E-state index >= 15 is 0 Å². The van der Waals surface area contributed by atoms with E-state index in [0.717, 1.165) is 12.1 Å². The van der Waals surface area contributed by atoms with Crippen LogP contribution in [0.3, 0.4) is 0 Å². The third kappa shape index (κ3) is 2.85. The Morgan fingerprint density at radius 3 is 0.852 bits per heavy atom. The van der Waals surface area contributed by atoms with Gasteiger partial charge in [0.05, 0.1) is 0 Å². The monoisotopic (exact) mass is 464 g/mol. The molecular weight excluding hydrogens is 461 g/mol. The van der Waals surface area contributed by atoms with Gasteiger partial charge in [-0.05, 0) is 0 Å². The van der Waals surface area contributed by atoms with Crippen molar-refractivity contribution in [1.82, 2.24) is 0 Å². The van der Waals surface area contributed by atoms with Crippen LogP contribution in [0.4, 0.5) is 43.9 Å². The zero-order valence-corrected chi connectivity index (χ0v) is 14.1. The average Bonchev–Trinajstić information content (AvgIpc) is 3.11. The average molecular weight is 463 g/mol. The molecule has 0 amide bonds. The standard InChI is InChI=1S/C16H2F10Se/c17-7-5(8(18)12(22)15(25)11(7)21)3-1-2-4(27-3)6-9(19)13(23)16(26)14(24)10(6)20/h1-2H. The minimum absolute atomic E-state index is 0.533. The fourth-order valence-corrected chi connectivity index (χ4v) is 4.50. The summed E-state index contributed by atoms with van der Waals surface area (Å²) in [5.41, 5.74) is -2.66. The first-order valence-corrected chi connectivity index (χ1v) is 8.42. The molecule has 0 N–H and O–H groups in total. The van der Waals surface area contributed by atoms with Gasteiger partial charge in [-0.2, -0.15) is 0 Å². The van der Waals surface area contributed by atoms with E-state index in [1.54, 1.807) is 0 Å². The van der Waals surface area contributed by atoms with E-state index in [0.29, 0.717) is 0 Å². The van der Waals surface area contributed by atoms with Crippen LogP contribution in [0.1, 0.15) is 0 Å². The molecule has 0 nitrogen and oxygen atoms in total. The van der Waals surface area contributed by atoms with Gasteiger partial charge in [-0.3, -0.25) is 0 Å². The summed E-state index contributed by atoms with van der Waals surface area (Å²) in [6.07, 6.45) is 0. The molecule has 1 heterocycles. The molecule has 11 heteroatoms. The number of hydrogen-bond donors (Lipinski definition) is 0. The Morgan fingerprint density at radius 1 is 0.370 bits per heavy atom. The van der Waals surface area contributed by atoms with Crippen LogP contribution in [0.25, 0.3) is 20.0 Å². The Balaban J connectivity index is 2.25. The maximum atomic E-state index is 13.8. The summed E-state index contributed by atoms with van der Waals surface area (Å²) in [4.78, 5) is 0. The molecule has 3 rings (SSSR count). The van der Waals surface area contributed by atoms with E-state index in [4.69, 9.17) is 0 Å². The van der Waals surface area contributed by atoms with Gasteiger partial charge in [0.2, 0.25) is 0 Å². The van der Waals surface area contributed by atoms with Gasteiger partial charge in [0, 0.05) is 0 Å². The van der Waals surface area contributed by atoms with Gasteiger partial charge in [0.15, 0.2) is 0 Å². The molecule has 27 heavy (non-hydrogen) atoms. The quantitative estimate of drug-likeness (QED) is 0.205. The molecule has 0 atom stereocenters. The molecule has 0 aliphatic carbocycles. The maximum absolute atomic E-state index is 13.8. The second-order valence-corrected chi connectivity index (χ2v) is 7.33. The fourth-order valence-electron chi connectivity index (χ4n) is 2.25. The van der Waals surface area contributed by atoms with Crippen LogP contribution in [0.5, 0.6) is 0 Å². The molecule has 3 aromatic rings. The van der Waals surface area contributed by atoms with E-state index < -0.39 is 92.7 Å².